The number of hydrogen-bond donors (Lipinski definition) is 0. The zero-order valence-corrected chi connectivity index (χ0v) is 10.9. The number of anilines is 1. The molecule has 1 fully saturated rings. The number of piperazine rings is 1. The van der Waals surface area contributed by atoms with Crippen molar-refractivity contribution in [2.75, 3.05) is 31.1 Å². The van der Waals surface area contributed by atoms with Crippen LogP contribution in [0.3, 0.4) is 0 Å². The molecule has 1 unspecified atom stereocenters. The number of benzene rings is 1. The predicted molar refractivity (Wildman–Crippen MR) is 72.9 cm³/mol. The summed E-state index contributed by atoms with van der Waals surface area (Å²) in [6.45, 7) is 5.37. The number of oxazole rings is 1. The van der Waals surface area contributed by atoms with Crippen LogP contribution in [-0.4, -0.2) is 42.1 Å². The minimum Gasteiger partial charge on any atom is -0.423 e. The van der Waals surface area contributed by atoms with E-state index < -0.39 is 0 Å². The molecule has 0 radical (unpaired) electrons. The van der Waals surface area contributed by atoms with E-state index in [-0.39, 0.29) is 6.04 Å². The van der Waals surface area contributed by atoms with Crippen LogP contribution in [0.5, 0.6) is 0 Å². The van der Waals surface area contributed by atoms with E-state index in [9.17, 15) is 0 Å². The SMILES string of the molecule is CC(C#N)N1CCN(c2nc3ccccc3o2)CC1. The molecule has 0 saturated carbocycles. The first kappa shape index (κ1) is 12.0. The average molecular weight is 256 g/mol. The molecular weight excluding hydrogens is 240 g/mol. The molecule has 1 atom stereocenters. The number of nitriles is 1. The van der Waals surface area contributed by atoms with Crippen LogP contribution in [0, 0.1) is 11.3 Å². The molecule has 0 spiro atoms. The van der Waals surface area contributed by atoms with Crippen molar-refractivity contribution in [3.63, 3.8) is 0 Å². The maximum Gasteiger partial charge on any atom is 0.298 e. The third kappa shape index (κ3) is 2.27. The molecular formula is C14H16N4O. The Labute approximate surface area is 112 Å². The fourth-order valence-corrected chi connectivity index (χ4v) is 2.38. The monoisotopic (exact) mass is 256 g/mol. The maximum atomic E-state index is 8.93. The van der Waals surface area contributed by atoms with Crippen molar-refractivity contribution >= 4 is 17.1 Å². The standard InChI is InChI=1S/C14H16N4O/c1-11(10-15)17-6-8-18(9-7-17)14-16-12-4-2-3-5-13(12)19-14/h2-5,11H,6-9H2,1H3. The first-order valence-corrected chi connectivity index (χ1v) is 6.52. The largest absolute Gasteiger partial charge is 0.423 e. The number of para-hydroxylation sites is 2. The Hall–Kier alpha value is -2.06. The van der Waals surface area contributed by atoms with Crippen LogP contribution >= 0.6 is 0 Å². The number of hydrogen-bond acceptors (Lipinski definition) is 5. The highest BCUT2D eigenvalue weighted by molar-refractivity contribution is 5.74. The highest BCUT2D eigenvalue weighted by atomic mass is 16.4. The van der Waals surface area contributed by atoms with Gasteiger partial charge in [-0.2, -0.15) is 10.2 Å². The molecule has 2 heterocycles. The first-order chi connectivity index (χ1) is 9.28. The minimum absolute atomic E-state index is 0.0224. The summed E-state index contributed by atoms with van der Waals surface area (Å²) >= 11 is 0. The molecule has 0 N–H and O–H groups in total. The van der Waals surface area contributed by atoms with Gasteiger partial charge in [0.1, 0.15) is 5.52 Å². The second-order valence-corrected chi connectivity index (χ2v) is 4.79. The number of nitrogens with zero attached hydrogens (tertiary/aromatic N) is 4. The van der Waals surface area contributed by atoms with E-state index in [4.69, 9.17) is 9.68 Å². The normalized spacial score (nSPS) is 18.4. The van der Waals surface area contributed by atoms with E-state index >= 15 is 0 Å². The van der Waals surface area contributed by atoms with Crippen molar-refractivity contribution in [1.82, 2.24) is 9.88 Å². The van der Waals surface area contributed by atoms with Crippen molar-refractivity contribution in [3.05, 3.63) is 24.3 Å². The van der Waals surface area contributed by atoms with Gasteiger partial charge in [0, 0.05) is 26.2 Å². The van der Waals surface area contributed by atoms with Crippen LogP contribution in [0.2, 0.25) is 0 Å². The van der Waals surface area contributed by atoms with Gasteiger partial charge in [-0.1, -0.05) is 12.1 Å². The van der Waals surface area contributed by atoms with Crippen LogP contribution in [0.1, 0.15) is 6.92 Å². The van der Waals surface area contributed by atoms with E-state index in [1.807, 2.05) is 31.2 Å². The van der Waals surface area contributed by atoms with Crippen molar-refractivity contribution in [2.24, 2.45) is 0 Å². The third-order valence-electron chi connectivity index (χ3n) is 3.60. The highest BCUT2D eigenvalue weighted by Crippen LogP contribution is 2.22. The summed E-state index contributed by atoms with van der Waals surface area (Å²) in [5, 5.41) is 8.93. The topological polar surface area (TPSA) is 56.3 Å². The fourth-order valence-electron chi connectivity index (χ4n) is 2.38. The zero-order chi connectivity index (χ0) is 13.2. The zero-order valence-electron chi connectivity index (χ0n) is 10.9. The maximum absolute atomic E-state index is 8.93. The summed E-state index contributed by atoms with van der Waals surface area (Å²) in [6.07, 6.45) is 0. The van der Waals surface area contributed by atoms with Gasteiger partial charge >= 0.3 is 0 Å². The molecule has 5 heteroatoms. The van der Waals surface area contributed by atoms with Crippen molar-refractivity contribution < 1.29 is 4.42 Å². The Kier molecular flexibility index (Phi) is 3.10. The number of fused-ring (bicyclic) bond motifs is 1. The van der Waals surface area contributed by atoms with Crippen molar-refractivity contribution in [3.8, 4) is 6.07 Å². The van der Waals surface area contributed by atoms with Gasteiger partial charge in [-0.3, -0.25) is 4.90 Å². The van der Waals surface area contributed by atoms with Gasteiger partial charge in [-0.05, 0) is 19.1 Å². The Morgan fingerprint density at radius 2 is 2.00 bits per heavy atom. The van der Waals surface area contributed by atoms with Gasteiger partial charge in [-0.25, -0.2) is 0 Å². The molecule has 19 heavy (non-hydrogen) atoms. The molecule has 3 rings (SSSR count). The lowest BCUT2D eigenvalue weighted by atomic mass is 10.2. The minimum atomic E-state index is -0.0224. The Balaban J connectivity index is 1.73. The summed E-state index contributed by atoms with van der Waals surface area (Å²) in [5.74, 6) is 0. The van der Waals surface area contributed by atoms with Gasteiger partial charge < -0.3 is 9.32 Å². The Morgan fingerprint density at radius 3 is 2.68 bits per heavy atom. The smallest absolute Gasteiger partial charge is 0.298 e. The van der Waals surface area contributed by atoms with Gasteiger partial charge in [0.05, 0.1) is 12.1 Å². The summed E-state index contributed by atoms with van der Waals surface area (Å²) in [5.41, 5.74) is 1.72. The van der Waals surface area contributed by atoms with Crippen LogP contribution in [0.4, 0.5) is 6.01 Å². The lowest BCUT2D eigenvalue weighted by molar-refractivity contribution is 0.228. The number of aromatic nitrogens is 1. The third-order valence-corrected chi connectivity index (χ3v) is 3.60. The van der Waals surface area contributed by atoms with Crippen molar-refractivity contribution in [1.29, 1.82) is 5.26 Å². The van der Waals surface area contributed by atoms with E-state index in [2.05, 4.69) is 20.9 Å². The molecule has 0 aliphatic carbocycles. The molecule has 1 aliphatic rings. The van der Waals surface area contributed by atoms with Crippen LogP contribution in [-0.2, 0) is 0 Å². The molecule has 1 aliphatic heterocycles. The molecule has 2 aromatic rings. The van der Waals surface area contributed by atoms with Gasteiger partial charge in [0.25, 0.3) is 6.01 Å². The lowest BCUT2D eigenvalue weighted by Crippen LogP contribution is -2.49. The van der Waals surface area contributed by atoms with Crippen LogP contribution < -0.4 is 4.90 Å². The molecule has 1 saturated heterocycles. The lowest BCUT2D eigenvalue weighted by Gasteiger charge is -2.34. The van der Waals surface area contributed by atoms with E-state index in [1.54, 1.807) is 0 Å². The van der Waals surface area contributed by atoms with Gasteiger partial charge in [0.2, 0.25) is 0 Å². The second kappa shape index (κ2) is 4.90. The summed E-state index contributed by atoms with van der Waals surface area (Å²) in [7, 11) is 0. The van der Waals surface area contributed by atoms with Crippen molar-refractivity contribution in [2.45, 2.75) is 13.0 Å². The van der Waals surface area contributed by atoms with Gasteiger partial charge in [0.15, 0.2) is 5.58 Å². The predicted octanol–water partition coefficient (Wildman–Crippen LogP) is 1.86. The van der Waals surface area contributed by atoms with Gasteiger partial charge in [-0.15, -0.1) is 0 Å². The van der Waals surface area contributed by atoms with Crippen LogP contribution in [0.25, 0.3) is 11.1 Å². The quantitative estimate of drug-likeness (QED) is 0.821. The summed E-state index contributed by atoms with van der Waals surface area (Å²) in [4.78, 5) is 8.82. The Morgan fingerprint density at radius 1 is 1.26 bits per heavy atom. The van der Waals surface area contributed by atoms with E-state index in [0.29, 0.717) is 6.01 Å². The molecule has 5 nitrogen and oxygen atoms in total. The van der Waals surface area contributed by atoms with E-state index in [0.717, 1.165) is 37.3 Å². The molecule has 98 valence electrons. The molecule has 1 aromatic heterocycles. The average Bonchev–Trinajstić information content (AvgIpc) is 2.90. The van der Waals surface area contributed by atoms with Crippen LogP contribution in [0.15, 0.2) is 28.7 Å². The second-order valence-electron chi connectivity index (χ2n) is 4.79. The molecule has 1 aromatic carbocycles. The fraction of sp³-hybridized carbons (Fsp3) is 0.429. The summed E-state index contributed by atoms with van der Waals surface area (Å²) in [6, 6.07) is 10.7. The first-order valence-electron chi connectivity index (χ1n) is 6.52. The highest BCUT2D eigenvalue weighted by Gasteiger charge is 2.23. The summed E-state index contributed by atoms with van der Waals surface area (Å²) < 4.78 is 5.76. The molecule has 0 bridgehead atoms. The Bertz CT molecular complexity index is 574. The molecule has 0 amide bonds. The van der Waals surface area contributed by atoms with E-state index in [1.165, 1.54) is 0 Å². The number of rotatable bonds is 2.